The zero-order valence-electron chi connectivity index (χ0n) is 7.38. The second kappa shape index (κ2) is 2.87. The standard InChI is InChI=1S/C10H14N2/c1-7(11)10-6-12-5-8-3-2-4-9(8)10/h5-7H,2-4,11H2,1H3. The summed E-state index contributed by atoms with van der Waals surface area (Å²) in [6.07, 6.45) is 7.53. The van der Waals surface area contributed by atoms with Crippen LogP contribution in [0.2, 0.25) is 0 Å². The van der Waals surface area contributed by atoms with Gasteiger partial charge in [-0.25, -0.2) is 0 Å². The van der Waals surface area contributed by atoms with Gasteiger partial charge in [0.25, 0.3) is 0 Å². The molecule has 0 aromatic carbocycles. The van der Waals surface area contributed by atoms with Crippen molar-refractivity contribution in [1.82, 2.24) is 4.98 Å². The van der Waals surface area contributed by atoms with Crippen LogP contribution in [-0.2, 0) is 12.8 Å². The number of nitrogens with two attached hydrogens (primary N) is 1. The van der Waals surface area contributed by atoms with Crippen molar-refractivity contribution in [2.75, 3.05) is 0 Å². The fraction of sp³-hybridized carbons (Fsp3) is 0.500. The van der Waals surface area contributed by atoms with Gasteiger partial charge in [-0.3, -0.25) is 4.98 Å². The highest BCUT2D eigenvalue weighted by atomic mass is 14.7. The van der Waals surface area contributed by atoms with Gasteiger partial charge in [0.05, 0.1) is 0 Å². The van der Waals surface area contributed by atoms with E-state index in [4.69, 9.17) is 5.73 Å². The summed E-state index contributed by atoms with van der Waals surface area (Å²) in [5, 5.41) is 0. The molecule has 0 saturated heterocycles. The molecule has 2 heteroatoms. The van der Waals surface area contributed by atoms with Crippen LogP contribution in [0.1, 0.15) is 36.1 Å². The molecule has 2 N–H and O–H groups in total. The van der Waals surface area contributed by atoms with Crippen molar-refractivity contribution in [3.63, 3.8) is 0 Å². The van der Waals surface area contributed by atoms with Gasteiger partial charge >= 0.3 is 0 Å². The van der Waals surface area contributed by atoms with Crippen LogP contribution in [0.4, 0.5) is 0 Å². The van der Waals surface area contributed by atoms with E-state index >= 15 is 0 Å². The van der Waals surface area contributed by atoms with Crippen molar-refractivity contribution in [3.05, 3.63) is 29.1 Å². The first-order chi connectivity index (χ1) is 5.79. The fourth-order valence-electron chi connectivity index (χ4n) is 1.92. The average molecular weight is 162 g/mol. The molecule has 0 radical (unpaired) electrons. The highest BCUT2D eigenvalue weighted by Crippen LogP contribution is 2.26. The van der Waals surface area contributed by atoms with E-state index in [0.717, 1.165) is 0 Å². The van der Waals surface area contributed by atoms with Gasteiger partial charge < -0.3 is 5.73 Å². The molecule has 1 atom stereocenters. The lowest BCUT2D eigenvalue weighted by molar-refractivity contribution is 0.793. The van der Waals surface area contributed by atoms with Gasteiger partial charge in [-0.15, -0.1) is 0 Å². The molecule has 0 fully saturated rings. The van der Waals surface area contributed by atoms with Gasteiger partial charge in [0.1, 0.15) is 0 Å². The van der Waals surface area contributed by atoms with Gasteiger partial charge in [0, 0.05) is 18.4 Å². The summed E-state index contributed by atoms with van der Waals surface area (Å²) >= 11 is 0. The molecule has 2 nitrogen and oxygen atoms in total. The number of aryl methyl sites for hydroxylation is 1. The van der Waals surface area contributed by atoms with Crippen LogP contribution in [0.3, 0.4) is 0 Å². The molecule has 0 bridgehead atoms. The summed E-state index contributed by atoms with van der Waals surface area (Å²) in [6, 6.07) is 0.130. The van der Waals surface area contributed by atoms with Crippen LogP contribution in [0.25, 0.3) is 0 Å². The van der Waals surface area contributed by atoms with E-state index in [1.807, 2.05) is 19.3 Å². The van der Waals surface area contributed by atoms with Crippen LogP contribution in [0.5, 0.6) is 0 Å². The molecule has 2 rings (SSSR count). The average Bonchev–Trinajstić information content (AvgIpc) is 2.49. The third-order valence-corrected chi connectivity index (χ3v) is 2.54. The molecule has 1 unspecified atom stereocenters. The Balaban J connectivity index is 2.49. The molecule has 0 saturated carbocycles. The summed E-state index contributed by atoms with van der Waals surface area (Å²) in [5.41, 5.74) is 9.95. The second-order valence-corrected chi connectivity index (χ2v) is 3.51. The maximum absolute atomic E-state index is 5.85. The van der Waals surface area contributed by atoms with E-state index in [1.165, 1.54) is 36.0 Å². The van der Waals surface area contributed by atoms with E-state index in [2.05, 4.69) is 4.98 Å². The van der Waals surface area contributed by atoms with Gasteiger partial charge in [0.15, 0.2) is 0 Å². The summed E-state index contributed by atoms with van der Waals surface area (Å²) in [5.74, 6) is 0. The minimum Gasteiger partial charge on any atom is -0.324 e. The molecule has 0 spiro atoms. The third-order valence-electron chi connectivity index (χ3n) is 2.54. The predicted octanol–water partition coefficient (Wildman–Crippen LogP) is 1.59. The van der Waals surface area contributed by atoms with Crippen LogP contribution in [0.15, 0.2) is 12.4 Å². The lowest BCUT2D eigenvalue weighted by atomic mass is 10.0. The highest BCUT2D eigenvalue weighted by molar-refractivity contribution is 5.36. The van der Waals surface area contributed by atoms with Gasteiger partial charge in [-0.2, -0.15) is 0 Å². The van der Waals surface area contributed by atoms with Crippen molar-refractivity contribution in [1.29, 1.82) is 0 Å². The maximum atomic E-state index is 5.85. The van der Waals surface area contributed by atoms with Gasteiger partial charge in [-0.1, -0.05) is 0 Å². The number of hydrogen-bond acceptors (Lipinski definition) is 2. The van der Waals surface area contributed by atoms with E-state index in [0.29, 0.717) is 0 Å². The summed E-state index contributed by atoms with van der Waals surface area (Å²) in [7, 11) is 0. The Labute approximate surface area is 72.8 Å². The first kappa shape index (κ1) is 7.74. The number of pyridine rings is 1. The quantitative estimate of drug-likeness (QED) is 0.681. The van der Waals surface area contributed by atoms with Crippen molar-refractivity contribution >= 4 is 0 Å². The molecule has 1 heterocycles. The minimum absolute atomic E-state index is 0.130. The van der Waals surface area contributed by atoms with Gasteiger partial charge in [-0.05, 0) is 42.9 Å². The maximum Gasteiger partial charge on any atom is 0.0318 e. The SMILES string of the molecule is CC(N)c1cncc2c1CCC2. The fourth-order valence-corrected chi connectivity index (χ4v) is 1.92. The van der Waals surface area contributed by atoms with E-state index in [1.54, 1.807) is 0 Å². The number of hydrogen-bond donors (Lipinski definition) is 1. The number of rotatable bonds is 1. The number of aromatic nitrogens is 1. The largest absolute Gasteiger partial charge is 0.324 e. The Hall–Kier alpha value is -0.890. The lowest BCUT2D eigenvalue weighted by Crippen LogP contribution is -2.08. The van der Waals surface area contributed by atoms with Crippen LogP contribution < -0.4 is 5.73 Å². The smallest absolute Gasteiger partial charge is 0.0318 e. The first-order valence-corrected chi connectivity index (χ1v) is 4.50. The molecule has 1 aliphatic carbocycles. The molecule has 64 valence electrons. The third kappa shape index (κ3) is 1.12. The zero-order valence-corrected chi connectivity index (χ0v) is 7.38. The first-order valence-electron chi connectivity index (χ1n) is 4.50. The molecule has 1 aromatic rings. The molecular formula is C10H14N2. The summed E-state index contributed by atoms with van der Waals surface area (Å²) < 4.78 is 0. The normalized spacial score (nSPS) is 17.5. The topological polar surface area (TPSA) is 38.9 Å². The van der Waals surface area contributed by atoms with Crippen molar-refractivity contribution in [2.45, 2.75) is 32.2 Å². The van der Waals surface area contributed by atoms with E-state index in [-0.39, 0.29) is 6.04 Å². The summed E-state index contributed by atoms with van der Waals surface area (Å²) in [6.45, 7) is 2.02. The van der Waals surface area contributed by atoms with E-state index < -0.39 is 0 Å². The number of nitrogens with zero attached hydrogens (tertiary/aromatic N) is 1. The van der Waals surface area contributed by atoms with Crippen molar-refractivity contribution < 1.29 is 0 Å². The number of fused-ring (bicyclic) bond motifs is 1. The molecule has 0 amide bonds. The van der Waals surface area contributed by atoms with Crippen molar-refractivity contribution in [2.24, 2.45) is 5.73 Å². The Bertz CT molecular complexity index is 292. The Morgan fingerprint density at radius 2 is 2.25 bits per heavy atom. The Morgan fingerprint density at radius 3 is 3.00 bits per heavy atom. The van der Waals surface area contributed by atoms with Crippen molar-refractivity contribution in [3.8, 4) is 0 Å². The molecular weight excluding hydrogens is 148 g/mol. The van der Waals surface area contributed by atoms with Crippen LogP contribution in [-0.4, -0.2) is 4.98 Å². The molecule has 0 aliphatic heterocycles. The van der Waals surface area contributed by atoms with Gasteiger partial charge in [0.2, 0.25) is 0 Å². The zero-order chi connectivity index (χ0) is 8.55. The second-order valence-electron chi connectivity index (χ2n) is 3.51. The summed E-state index contributed by atoms with van der Waals surface area (Å²) in [4.78, 5) is 4.20. The van der Waals surface area contributed by atoms with Crippen LogP contribution in [0, 0.1) is 0 Å². The molecule has 1 aromatic heterocycles. The predicted molar refractivity (Wildman–Crippen MR) is 48.9 cm³/mol. The lowest BCUT2D eigenvalue weighted by Gasteiger charge is -2.10. The Morgan fingerprint density at radius 1 is 1.42 bits per heavy atom. The highest BCUT2D eigenvalue weighted by Gasteiger charge is 2.16. The Kier molecular flexibility index (Phi) is 1.85. The molecule has 1 aliphatic rings. The van der Waals surface area contributed by atoms with Crippen LogP contribution >= 0.6 is 0 Å². The minimum atomic E-state index is 0.130. The monoisotopic (exact) mass is 162 g/mol. The molecule has 12 heavy (non-hydrogen) atoms. The van der Waals surface area contributed by atoms with E-state index in [9.17, 15) is 0 Å².